The number of non-ortho nitro benzene ring substituents is 1. The van der Waals surface area contributed by atoms with Crippen molar-refractivity contribution in [2.75, 3.05) is 26.3 Å². The van der Waals surface area contributed by atoms with Crippen LogP contribution in [0.1, 0.15) is 18.9 Å². The van der Waals surface area contributed by atoms with Crippen LogP contribution in [-0.4, -0.2) is 51.8 Å². The van der Waals surface area contributed by atoms with Gasteiger partial charge < -0.3 is 9.64 Å². The van der Waals surface area contributed by atoms with Crippen LogP contribution in [0.5, 0.6) is 0 Å². The second kappa shape index (κ2) is 9.74. The van der Waals surface area contributed by atoms with Gasteiger partial charge in [0.15, 0.2) is 0 Å². The van der Waals surface area contributed by atoms with Crippen LogP contribution in [0.15, 0.2) is 60.8 Å². The lowest BCUT2D eigenvalue weighted by atomic mass is 10.0. The van der Waals surface area contributed by atoms with Gasteiger partial charge in [0.2, 0.25) is 5.91 Å². The number of likely N-dealkylation sites (N-methyl/N-ethyl adjacent to an activating group) is 1. The number of nitro groups is 1. The molecule has 1 aliphatic rings. The van der Waals surface area contributed by atoms with Gasteiger partial charge in [-0.2, -0.15) is 5.10 Å². The summed E-state index contributed by atoms with van der Waals surface area (Å²) in [5.41, 5.74) is 3.07. The van der Waals surface area contributed by atoms with Crippen LogP contribution in [-0.2, 0) is 16.0 Å². The summed E-state index contributed by atoms with van der Waals surface area (Å²) in [5.74, 6) is 0.412. The Bertz CT molecular complexity index is 1070. The molecular formula is C24H26N4O4. The minimum Gasteiger partial charge on any atom is -0.381 e. The molecule has 1 amide bonds. The fourth-order valence-electron chi connectivity index (χ4n) is 3.96. The largest absolute Gasteiger partial charge is 0.381 e. The maximum Gasteiger partial charge on any atom is 0.269 e. The van der Waals surface area contributed by atoms with Gasteiger partial charge in [-0.05, 0) is 37.6 Å². The van der Waals surface area contributed by atoms with Crippen LogP contribution in [0.25, 0.3) is 16.9 Å². The first-order valence-electron chi connectivity index (χ1n) is 10.8. The Kier molecular flexibility index (Phi) is 6.61. The summed E-state index contributed by atoms with van der Waals surface area (Å²) >= 11 is 0. The van der Waals surface area contributed by atoms with Crippen molar-refractivity contribution in [1.82, 2.24) is 14.7 Å². The van der Waals surface area contributed by atoms with E-state index in [2.05, 4.69) is 0 Å². The monoisotopic (exact) mass is 434 g/mol. The number of carbonyl (C=O) groups is 1. The molecule has 0 radical (unpaired) electrons. The first-order chi connectivity index (χ1) is 15.5. The number of ether oxygens (including phenoxy) is 1. The number of amides is 1. The SMILES string of the molecule is CCN(CC1CCOC1)C(=O)Cc1cn(-c2ccccc2)nc1-c1ccc([N+](=O)[O-])cc1. The third kappa shape index (κ3) is 4.86. The molecule has 1 aliphatic heterocycles. The zero-order valence-corrected chi connectivity index (χ0v) is 18.0. The van der Waals surface area contributed by atoms with E-state index in [1.807, 2.05) is 48.4 Å². The van der Waals surface area contributed by atoms with Crippen LogP contribution >= 0.6 is 0 Å². The van der Waals surface area contributed by atoms with Crippen LogP contribution in [0, 0.1) is 16.0 Å². The molecule has 1 unspecified atom stereocenters. The summed E-state index contributed by atoms with van der Waals surface area (Å²) in [5, 5.41) is 15.7. The van der Waals surface area contributed by atoms with E-state index in [0.717, 1.165) is 29.8 Å². The minimum absolute atomic E-state index is 0.0183. The number of hydrogen-bond acceptors (Lipinski definition) is 5. The molecule has 3 aromatic rings. The number of para-hydroxylation sites is 1. The van der Waals surface area contributed by atoms with E-state index < -0.39 is 4.92 Å². The normalized spacial score (nSPS) is 15.6. The Balaban J connectivity index is 1.63. The summed E-state index contributed by atoms with van der Waals surface area (Å²) in [7, 11) is 0. The summed E-state index contributed by atoms with van der Waals surface area (Å²) in [6, 6.07) is 15.9. The molecule has 1 atom stereocenters. The average Bonchev–Trinajstić information content (AvgIpc) is 3.48. The molecule has 0 spiro atoms. The molecule has 1 saturated heterocycles. The molecule has 0 saturated carbocycles. The van der Waals surface area contributed by atoms with E-state index in [4.69, 9.17) is 9.84 Å². The molecule has 0 bridgehead atoms. The van der Waals surface area contributed by atoms with Gasteiger partial charge in [-0.15, -0.1) is 0 Å². The highest BCUT2D eigenvalue weighted by Crippen LogP contribution is 2.27. The van der Waals surface area contributed by atoms with Gasteiger partial charge in [-0.1, -0.05) is 18.2 Å². The molecule has 1 aromatic heterocycles. The fourth-order valence-corrected chi connectivity index (χ4v) is 3.96. The summed E-state index contributed by atoms with van der Waals surface area (Å²) < 4.78 is 7.21. The number of nitro benzene ring substituents is 1. The van der Waals surface area contributed by atoms with Crippen molar-refractivity contribution >= 4 is 11.6 Å². The fraction of sp³-hybridized carbons (Fsp3) is 0.333. The molecule has 2 heterocycles. The van der Waals surface area contributed by atoms with Crippen molar-refractivity contribution in [3.63, 3.8) is 0 Å². The summed E-state index contributed by atoms with van der Waals surface area (Å²) in [4.78, 5) is 25.6. The summed E-state index contributed by atoms with van der Waals surface area (Å²) in [6.45, 7) is 4.76. The lowest BCUT2D eigenvalue weighted by molar-refractivity contribution is -0.384. The molecule has 2 aromatic carbocycles. The predicted octanol–water partition coefficient (Wildman–Crippen LogP) is 3.88. The second-order valence-electron chi connectivity index (χ2n) is 7.93. The quantitative estimate of drug-likeness (QED) is 0.396. The lowest BCUT2D eigenvalue weighted by Crippen LogP contribution is -2.36. The second-order valence-corrected chi connectivity index (χ2v) is 7.93. The number of benzene rings is 2. The lowest BCUT2D eigenvalue weighted by Gasteiger charge is -2.23. The highest BCUT2D eigenvalue weighted by Gasteiger charge is 2.23. The Labute approximate surface area is 186 Å². The van der Waals surface area contributed by atoms with Gasteiger partial charge in [0, 0.05) is 55.1 Å². The van der Waals surface area contributed by atoms with Gasteiger partial charge in [0.1, 0.15) is 0 Å². The molecule has 0 N–H and O–H groups in total. The highest BCUT2D eigenvalue weighted by atomic mass is 16.6. The first-order valence-corrected chi connectivity index (χ1v) is 10.8. The molecular weight excluding hydrogens is 408 g/mol. The summed E-state index contributed by atoms with van der Waals surface area (Å²) in [6.07, 6.45) is 3.06. The zero-order valence-electron chi connectivity index (χ0n) is 18.0. The number of hydrogen-bond donors (Lipinski definition) is 0. The number of nitrogens with zero attached hydrogens (tertiary/aromatic N) is 4. The van der Waals surface area contributed by atoms with Crippen LogP contribution in [0.2, 0.25) is 0 Å². The Morgan fingerprint density at radius 3 is 2.59 bits per heavy atom. The minimum atomic E-state index is -0.428. The van der Waals surface area contributed by atoms with Gasteiger partial charge in [-0.3, -0.25) is 14.9 Å². The Morgan fingerprint density at radius 2 is 1.97 bits per heavy atom. The Morgan fingerprint density at radius 1 is 1.22 bits per heavy atom. The molecule has 8 heteroatoms. The van der Waals surface area contributed by atoms with E-state index in [1.54, 1.807) is 16.8 Å². The standard InChI is InChI=1S/C24H26N4O4/c1-2-26(15-18-12-13-32-17-18)23(29)14-20-16-27(21-6-4-3-5-7-21)25-24(20)19-8-10-22(11-9-19)28(30)31/h3-11,16,18H,2,12-15,17H2,1H3. The highest BCUT2D eigenvalue weighted by molar-refractivity contribution is 5.81. The van der Waals surface area contributed by atoms with Crippen molar-refractivity contribution in [2.24, 2.45) is 5.92 Å². The van der Waals surface area contributed by atoms with Gasteiger partial charge in [0.05, 0.1) is 29.3 Å². The van der Waals surface area contributed by atoms with Gasteiger partial charge >= 0.3 is 0 Å². The van der Waals surface area contributed by atoms with E-state index >= 15 is 0 Å². The van der Waals surface area contributed by atoms with Crippen molar-refractivity contribution < 1.29 is 14.5 Å². The molecule has 0 aliphatic carbocycles. The van der Waals surface area contributed by atoms with Crippen LogP contribution in [0.3, 0.4) is 0 Å². The van der Waals surface area contributed by atoms with Crippen molar-refractivity contribution in [1.29, 1.82) is 0 Å². The third-order valence-corrected chi connectivity index (χ3v) is 5.74. The molecule has 32 heavy (non-hydrogen) atoms. The molecule has 8 nitrogen and oxygen atoms in total. The molecule has 166 valence electrons. The van der Waals surface area contributed by atoms with Crippen LogP contribution < -0.4 is 0 Å². The molecule has 4 rings (SSSR count). The number of carbonyl (C=O) groups excluding carboxylic acids is 1. The van der Waals surface area contributed by atoms with Gasteiger partial charge in [0.25, 0.3) is 5.69 Å². The number of aromatic nitrogens is 2. The maximum atomic E-state index is 13.2. The molecule has 1 fully saturated rings. The van der Waals surface area contributed by atoms with E-state index in [9.17, 15) is 14.9 Å². The maximum absolute atomic E-state index is 13.2. The topological polar surface area (TPSA) is 90.5 Å². The average molecular weight is 434 g/mol. The number of rotatable bonds is 8. The van der Waals surface area contributed by atoms with Gasteiger partial charge in [-0.25, -0.2) is 4.68 Å². The third-order valence-electron chi connectivity index (χ3n) is 5.74. The van der Waals surface area contributed by atoms with Crippen LogP contribution in [0.4, 0.5) is 5.69 Å². The zero-order chi connectivity index (χ0) is 22.5. The van der Waals surface area contributed by atoms with E-state index in [1.165, 1.54) is 12.1 Å². The predicted molar refractivity (Wildman–Crippen MR) is 121 cm³/mol. The van der Waals surface area contributed by atoms with E-state index in [0.29, 0.717) is 31.3 Å². The Hall–Kier alpha value is -3.52. The van der Waals surface area contributed by atoms with E-state index in [-0.39, 0.29) is 18.0 Å². The van der Waals surface area contributed by atoms with Crippen molar-refractivity contribution in [3.8, 4) is 16.9 Å². The first kappa shape index (κ1) is 21.7. The van der Waals surface area contributed by atoms with Crippen molar-refractivity contribution in [3.05, 3.63) is 76.5 Å². The van der Waals surface area contributed by atoms with Crippen molar-refractivity contribution in [2.45, 2.75) is 19.8 Å². The smallest absolute Gasteiger partial charge is 0.269 e.